The van der Waals surface area contributed by atoms with Crippen molar-refractivity contribution in [3.8, 4) is 5.75 Å². The number of alkyl carbamates (subject to hydrolysis) is 1. The summed E-state index contributed by atoms with van der Waals surface area (Å²) in [6, 6.07) is 12.6. The van der Waals surface area contributed by atoms with Crippen molar-refractivity contribution in [1.29, 1.82) is 0 Å². The molecule has 2 aliphatic rings. The maximum atomic E-state index is 11.5. The molecule has 1 amide bonds. The molecule has 2 atom stereocenters. The zero-order valence-corrected chi connectivity index (χ0v) is 17.2. The van der Waals surface area contributed by atoms with E-state index >= 15 is 0 Å². The average Bonchev–Trinajstić information content (AvgIpc) is 3.07. The number of carbonyl (C=O) groups is 1. The van der Waals surface area contributed by atoms with Gasteiger partial charge in [-0.15, -0.1) is 0 Å². The number of rotatable bonds is 5. The Morgan fingerprint density at radius 2 is 1.86 bits per heavy atom. The Bertz CT molecular complexity index is 856. The molecule has 0 radical (unpaired) electrons. The first kappa shape index (κ1) is 19.1. The molecule has 2 fully saturated rings. The molecule has 1 saturated heterocycles. The lowest BCUT2D eigenvalue weighted by atomic mass is 9.79. The molecule has 2 aromatic rings. The van der Waals surface area contributed by atoms with E-state index in [0.717, 1.165) is 46.8 Å². The molecule has 1 aliphatic heterocycles. The number of ether oxygens (including phenoxy) is 2. The van der Waals surface area contributed by atoms with Gasteiger partial charge in [-0.05, 0) is 79.0 Å². The molecule has 28 heavy (non-hydrogen) atoms. The van der Waals surface area contributed by atoms with Crippen molar-refractivity contribution in [3.05, 3.63) is 42.0 Å². The molecule has 0 bridgehead atoms. The lowest BCUT2D eigenvalue weighted by Crippen LogP contribution is -2.37. The summed E-state index contributed by atoms with van der Waals surface area (Å²) in [5.74, 6) is 2.64. The molecule has 4 heteroatoms. The number of benzene rings is 2. The summed E-state index contributed by atoms with van der Waals surface area (Å²) in [4.78, 5) is 11.5. The molecule has 2 aromatic carbocycles. The van der Waals surface area contributed by atoms with Crippen LogP contribution in [0.15, 0.2) is 36.4 Å². The van der Waals surface area contributed by atoms with E-state index in [9.17, 15) is 4.79 Å². The third kappa shape index (κ3) is 3.82. The Balaban J connectivity index is 1.44. The minimum absolute atomic E-state index is 0.335. The van der Waals surface area contributed by atoms with E-state index < -0.39 is 5.54 Å². The second kappa shape index (κ2) is 7.65. The van der Waals surface area contributed by atoms with Crippen molar-refractivity contribution in [2.24, 2.45) is 11.8 Å². The number of hydrogen-bond acceptors (Lipinski definition) is 3. The van der Waals surface area contributed by atoms with Crippen LogP contribution in [0.2, 0.25) is 0 Å². The molecule has 0 aromatic heterocycles. The van der Waals surface area contributed by atoms with Gasteiger partial charge in [0.2, 0.25) is 0 Å². The summed E-state index contributed by atoms with van der Waals surface area (Å²) in [5.41, 5.74) is 0.595. The van der Waals surface area contributed by atoms with Crippen LogP contribution in [0.3, 0.4) is 0 Å². The van der Waals surface area contributed by atoms with Gasteiger partial charge >= 0.3 is 6.09 Å². The Morgan fingerprint density at radius 1 is 1.14 bits per heavy atom. The number of cyclic esters (lactones) is 1. The summed E-state index contributed by atoms with van der Waals surface area (Å²) in [7, 11) is 0. The van der Waals surface area contributed by atoms with E-state index in [1.54, 1.807) is 0 Å². The Kier molecular flexibility index (Phi) is 5.22. The molecule has 0 spiro atoms. The van der Waals surface area contributed by atoms with E-state index in [1.165, 1.54) is 19.3 Å². The van der Waals surface area contributed by atoms with Crippen LogP contribution in [-0.2, 0) is 10.3 Å². The fourth-order valence-corrected chi connectivity index (χ4v) is 4.60. The van der Waals surface area contributed by atoms with Crippen LogP contribution >= 0.6 is 0 Å². The lowest BCUT2D eigenvalue weighted by Gasteiger charge is -2.32. The summed E-state index contributed by atoms with van der Waals surface area (Å²) in [6.07, 6.45) is 6.13. The smallest absolute Gasteiger partial charge is 0.408 e. The van der Waals surface area contributed by atoms with Gasteiger partial charge in [0.05, 0.1) is 11.6 Å². The second-order valence-corrected chi connectivity index (χ2v) is 8.80. The molecular formula is C24H31NO3. The van der Waals surface area contributed by atoms with Gasteiger partial charge in [-0.1, -0.05) is 38.5 Å². The number of nitrogens with one attached hydrogen (secondary N) is 1. The van der Waals surface area contributed by atoms with Crippen LogP contribution in [0.5, 0.6) is 5.75 Å². The minimum atomic E-state index is -0.464. The normalized spacial score (nSPS) is 28.6. The van der Waals surface area contributed by atoms with Gasteiger partial charge in [-0.25, -0.2) is 4.79 Å². The molecule has 1 N–H and O–H groups in total. The first-order valence-electron chi connectivity index (χ1n) is 10.6. The number of hydrogen-bond donors (Lipinski definition) is 1. The summed E-state index contributed by atoms with van der Waals surface area (Å²) < 4.78 is 11.4. The zero-order valence-electron chi connectivity index (χ0n) is 17.2. The quantitative estimate of drug-likeness (QED) is 0.714. The number of fused-ring (bicyclic) bond motifs is 1. The minimum Gasteiger partial charge on any atom is -0.490 e. The number of carbonyl (C=O) groups excluding carboxylic acids is 1. The summed E-state index contributed by atoms with van der Waals surface area (Å²) in [6.45, 7) is 7.03. The maximum Gasteiger partial charge on any atom is 0.408 e. The average molecular weight is 382 g/mol. The van der Waals surface area contributed by atoms with Crippen LogP contribution in [0.25, 0.3) is 10.8 Å². The maximum absolute atomic E-state index is 11.5. The first-order chi connectivity index (χ1) is 13.5. The fourth-order valence-electron chi connectivity index (χ4n) is 4.60. The molecular weight excluding hydrogens is 350 g/mol. The van der Waals surface area contributed by atoms with Crippen molar-refractivity contribution in [2.75, 3.05) is 6.61 Å². The van der Waals surface area contributed by atoms with Gasteiger partial charge in [0, 0.05) is 0 Å². The van der Waals surface area contributed by atoms with Gasteiger partial charge in [0.15, 0.2) is 0 Å². The van der Waals surface area contributed by atoms with Crippen LogP contribution in [0.4, 0.5) is 4.79 Å². The molecule has 4 nitrogen and oxygen atoms in total. The first-order valence-corrected chi connectivity index (χ1v) is 10.6. The van der Waals surface area contributed by atoms with Gasteiger partial charge in [0.25, 0.3) is 0 Å². The second-order valence-electron chi connectivity index (χ2n) is 8.80. The third-order valence-electron chi connectivity index (χ3n) is 6.79. The predicted octanol–water partition coefficient (Wildman–Crippen LogP) is 5.78. The SMILES string of the molecule is CCC(C)C1CCC(Oc2ccc3cc(C4(C)COC(=O)N4)ccc3c2)CC1. The summed E-state index contributed by atoms with van der Waals surface area (Å²) in [5, 5.41) is 5.21. The highest BCUT2D eigenvalue weighted by atomic mass is 16.6. The van der Waals surface area contributed by atoms with Crippen LogP contribution < -0.4 is 10.1 Å². The van der Waals surface area contributed by atoms with Crippen LogP contribution in [0.1, 0.15) is 58.4 Å². The van der Waals surface area contributed by atoms with Crippen LogP contribution in [0, 0.1) is 11.8 Å². The zero-order chi connectivity index (χ0) is 19.7. The predicted molar refractivity (Wildman–Crippen MR) is 112 cm³/mol. The molecule has 1 aliphatic carbocycles. The Morgan fingerprint density at radius 3 is 2.54 bits per heavy atom. The van der Waals surface area contributed by atoms with E-state index in [1.807, 2.05) is 6.92 Å². The molecule has 1 heterocycles. The van der Waals surface area contributed by atoms with E-state index in [-0.39, 0.29) is 6.09 Å². The highest BCUT2D eigenvalue weighted by Crippen LogP contribution is 2.34. The van der Waals surface area contributed by atoms with E-state index in [2.05, 4.69) is 55.6 Å². The van der Waals surface area contributed by atoms with Gasteiger partial charge in [-0.2, -0.15) is 0 Å². The van der Waals surface area contributed by atoms with E-state index in [4.69, 9.17) is 9.47 Å². The third-order valence-corrected chi connectivity index (χ3v) is 6.79. The Labute approximate surface area is 167 Å². The van der Waals surface area contributed by atoms with Gasteiger partial charge < -0.3 is 14.8 Å². The van der Waals surface area contributed by atoms with Crippen molar-refractivity contribution in [2.45, 2.75) is 64.5 Å². The monoisotopic (exact) mass is 381 g/mol. The van der Waals surface area contributed by atoms with Gasteiger partial charge in [0.1, 0.15) is 12.4 Å². The topological polar surface area (TPSA) is 47.6 Å². The van der Waals surface area contributed by atoms with Crippen molar-refractivity contribution >= 4 is 16.9 Å². The highest BCUT2D eigenvalue weighted by Gasteiger charge is 2.36. The van der Waals surface area contributed by atoms with Crippen molar-refractivity contribution < 1.29 is 14.3 Å². The fraction of sp³-hybridized carbons (Fsp3) is 0.542. The standard InChI is InChI=1S/C24H31NO3/c1-4-16(2)17-6-10-21(11-7-17)28-22-12-8-18-13-20(9-5-19(18)14-22)24(3)15-27-23(26)25-24/h5,8-9,12-14,16-17,21H,4,6-7,10-11,15H2,1-3H3,(H,25,26). The molecule has 4 rings (SSSR count). The van der Waals surface area contributed by atoms with Gasteiger partial charge in [-0.3, -0.25) is 0 Å². The Hall–Kier alpha value is -2.23. The molecule has 1 saturated carbocycles. The van der Waals surface area contributed by atoms with Crippen molar-refractivity contribution in [3.63, 3.8) is 0 Å². The molecule has 2 unspecified atom stereocenters. The largest absolute Gasteiger partial charge is 0.490 e. The number of amides is 1. The summed E-state index contributed by atoms with van der Waals surface area (Å²) >= 11 is 0. The van der Waals surface area contributed by atoms with Crippen LogP contribution in [-0.4, -0.2) is 18.8 Å². The molecule has 150 valence electrons. The lowest BCUT2D eigenvalue weighted by molar-refractivity contribution is 0.113. The van der Waals surface area contributed by atoms with E-state index in [0.29, 0.717) is 12.7 Å². The highest BCUT2D eigenvalue weighted by molar-refractivity contribution is 5.85. The van der Waals surface area contributed by atoms with Crippen molar-refractivity contribution in [1.82, 2.24) is 5.32 Å².